The van der Waals surface area contributed by atoms with Crippen LogP contribution in [0.25, 0.3) is 0 Å². The molecule has 10 heteroatoms. The molecule has 3 heterocycles. The fourth-order valence-electron chi connectivity index (χ4n) is 3.70. The van der Waals surface area contributed by atoms with E-state index in [0.717, 1.165) is 37.5 Å². The normalized spacial score (nSPS) is 25.9. The smallest absolute Gasteiger partial charge is 0.475 e. The first kappa shape index (κ1) is 22.5. The number of fused-ring (bicyclic) bond motifs is 1. The van der Waals surface area contributed by atoms with Gasteiger partial charge in [-0.05, 0) is 50.2 Å². The molecular weight excluding hydrogens is 405 g/mol. The van der Waals surface area contributed by atoms with E-state index in [-0.39, 0.29) is 24.2 Å². The van der Waals surface area contributed by atoms with Crippen molar-refractivity contribution in [3.8, 4) is 0 Å². The maximum Gasteiger partial charge on any atom is 0.490 e. The largest absolute Gasteiger partial charge is 0.490 e. The first-order valence-electron chi connectivity index (χ1n) is 9.92. The van der Waals surface area contributed by atoms with E-state index in [0.29, 0.717) is 12.2 Å². The number of aliphatic carboxylic acids is 1. The molecule has 0 aromatic carbocycles. The highest BCUT2D eigenvalue weighted by molar-refractivity contribution is 5.94. The Morgan fingerprint density at radius 1 is 1.27 bits per heavy atom. The number of alkyl halides is 3. The summed E-state index contributed by atoms with van der Waals surface area (Å²) in [7, 11) is 0. The molecule has 2 aliphatic heterocycles. The van der Waals surface area contributed by atoms with Crippen LogP contribution in [0.5, 0.6) is 0 Å². The van der Waals surface area contributed by atoms with Crippen molar-refractivity contribution in [1.29, 1.82) is 0 Å². The molecule has 1 N–H and O–H groups in total. The van der Waals surface area contributed by atoms with Crippen LogP contribution in [-0.4, -0.2) is 71.1 Å². The molecular formula is C20H25F3N2O5. The van der Waals surface area contributed by atoms with Crippen LogP contribution in [0.15, 0.2) is 18.5 Å². The fraction of sp³-hybridized carbons (Fsp3) is 0.650. The van der Waals surface area contributed by atoms with Gasteiger partial charge in [0.05, 0.1) is 17.7 Å². The molecule has 0 radical (unpaired) electrons. The van der Waals surface area contributed by atoms with Gasteiger partial charge in [0.25, 0.3) is 5.91 Å². The molecule has 1 amide bonds. The van der Waals surface area contributed by atoms with Crippen molar-refractivity contribution >= 4 is 11.9 Å². The predicted octanol–water partition coefficient (Wildman–Crippen LogP) is 2.82. The first-order chi connectivity index (χ1) is 14.2. The summed E-state index contributed by atoms with van der Waals surface area (Å²) in [6.07, 6.45) is 2.88. The lowest BCUT2D eigenvalue weighted by Gasteiger charge is -2.41. The molecule has 1 aliphatic carbocycles. The molecule has 1 aromatic heterocycles. The lowest BCUT2D eigenvalue weighted by atomic mass is 9.94. The van der Waals surface area contributed by atoms with E-state index in [4.69, 9.17) is 19.4 Å². The number of amides is 1. The second-order valence-corrected chi connectivity index (χ2v) is 7.85. The lowest BCUT2D eigenvalue weighted by Crippen LogP contribution is -2.55. The zero-order chi connectivity index (χ0) is 21.9. The molecule has 0 bridgehead atoms. The minimum atomic E-state index is -5.08. The second kappa shape index (κ2) is 9.30. The number of rotatable bonds is 4. The van der Waals surface area contributed by atoms with Gasteiger partial charge in [-0.1, -0.05) is 0 Å². The highest BCUT2D eigenvalue weighted by Gasteiger charge is 2.45. The number of carboxylic acids is 1. The molecule has 0 unspecified atom stereocenters. The van der Waals surface area contributed by atoms with Crippen LogP contribution in [0.3, 0.4) is 0 Å². The van der Waals surface area contributed by atoms with Gasteiger partial charge in [0, 0.05) is 32.2 Å². The number of carboxylic acid groups (broad SMARTS) is 1. The van der Waals surface area contributed by atoms with Gasteiger partial charge in [-0.2, -0.15) is 13.2 Å². The van der Waals surface area contributed by atoms with E-state index in [1.54, 1.807) is 12.4 Å². The Kier molecular flexibility index (Phi) is 6.97. The van der Waals surface area contributed by atoms with Crippen molar-refractivity contribution < 1.29 is 37.3 Å². The second-order valence-electron chi connectivity index (χ2n) is 7.85. The number of piperidine rings is 1. The average molecular weight is 430 g/mol. The zero-order valence-corrected chi connectivity index (χ0v) is 16.6. The van der Waals surface area contributed by atoms with Crippen molar-refractivity contribution in [1.82, 2.24) is 9.88 Å². The minimum absolute atomic E-state index is 0.0317. The SMILES string of the molecule is Cc1cncc(C(=O)N2CC[C@@H](OCC3CC3)[C@H]3OCC[C@@H]32)c1.O=C(O)C(F)(F)F. The predicted molar refractivity (Wildman–Crippen MR) is 98.9 cm³/mol. The molecule has 30 heavy (non-hydrogen) atoms. The Morgan fingerprint density at radius 2 is 1.97 bits per heavy atom. The third-order valence-electron chi connectivity index (χ3n) is 5.39. The summed E-state index contributed by atoms with van der Waals surface area (Å²) in [6, 6.07) is 2.05. The molecule has 4 rings (SSSR count). The molecule has 1 saturated carbocycles. The van der Waals surface area contributed by atoms with Crippen molar-refractivity contribution in [2.75, 3.05) is 19.8 Å². The number of likely N-dealkylation sites (tertiary alicyclic amines) is 1. The summed E-state index contributed by atoms with van der Waals surface area (Å²) in [6.45, 7) is 4.28. The lowest BCUT2D eigenvalue weighted by molar-refractivity contribution is -0.192. The molecule has 0 spiro atoms. The van der Waals surface area contributed by atoms with Crippen LogP contribution < -0.4 is 0 Å². The zero-order valence-electron chi connectivity index (χ0n) is 16.6. The Bertz CT molecular complexity index is 769. The van der Waals surface area contributed by atoms with Crippen molar-refractivity contribution in [3.05, 3.63) is 29.6 Å². The van der Waals surface area contributed by atoms with Crippen LogP contribution in [0.2, 0.25) is 0 Å². The van der Waals surface area contributed by atoms with Gasteiger partial charge >= 0.3 is 12.1 Å². The Morgan fingerprint density at radius 3 is 2.57 bits per heavy atom. The summed E-state index contributed by atoms with van der Waals surface area (Å²) in [5.41, 5.74) is 1.69. The van der Waals surface area contributed by atoms with E-state index in [1.165, 1.54) is 12.8 Å². The summed E-state index contributed by atoms with van der Waals surface area (Å²) >= 11 is 0. The molecule has 2 saturated heterocycles. The van der Waals surface area contributed by atoms with Crippen molar-refractivity contribution in [2.24, 2.45) is 5.92 Å². The summed E-state index contributed by atoms with van der Waals surface area (Å²) < 4.78 is 43.8. The number of nitrogens with zero attached hydrogens (tertiary/aromatic N) is 2. The van der Waals surface area contributed by atoms with E-state index in [2.05, 4.69) is 4.98 Å². The number of hydrogen-bond donors (Lipinski definition) is 1. The van der Waals surface area contributed by atoms with Gasteiger partial charge in [0.1, 0.15) is 6.10 Å². The molecule has 3 atom stereocenters. The van der Waals surface area contributed by atoms with Gasteiger partial charge < -0.3 is 19.5 Å². The third kappa shape index (κ3) is 5.69. The summed E-state index contributed by atoms with van der Waals surface area (Å²) in [4.78, 5) is 27.9. The number of carbonyl (C=O) groups excluding carboxylic acids is 1. The fourth-order valence-corrected chi connectivity index (χ4v) is 3.70. The molecule has 3 aliphatic rings. The maximum absolute atomic E-state index is 12.9. The molecule has 3 fully saturated rings. The highest BCUT2D eigenvalue weighted by Crippen LogP contribution is 2.34. The van der Waals surface area contributed by atoms with Gasteiger partial charge in [-0.3, -0.25) is 9.78 Å². The number of pyridine rings is 1. The van der Waals surface area contributed by atoms with E-state index in [9.17, 15) is 18.0 Å². The van der Waals surface area contributed by atoms with Crippen LogP contribution in [0, 0.1) is 12.8 Å². The van der Waals surface area contributed by atoms with Crippen LogP contribution in [0.1, 0.15) is 41.6 Å². The summed E-state index contributed by atoms with van der Waals surface area (Å²) in [5.74, 6) is -1.93. The Hall–Kier alpha value is -2.20. The van der Waals surface area contributed by atoms with Gasteiger partial charge in [-0.25, -0.2) is 4.79 Å². The van der Waals surface area contributed by atoms with Gasteiger partial charge in [-0.15, -0.1) is 0 Å². The standard InChI is InChI=1S/C18H24N2O3.C2HF3O2/c1-12-8-14(10-19-9-12)18(21)20-6-4-16(23-11-13-2-3-13)17-15(20)5-7-22-17;3-2(4,5)1(6)7/h8-10,13,15-17H,2-7,11H2,1H3;(H,6,7)/t15-,16+,17-;/m0./s1. The van der Waals surface area contributed by atoms with E-state index >= 15 is 0 Å². The highest BCUT2D eigenvalue weighted by atomic mass is 19.4. The number of aromatic nitrogens is 1. The molecule has 166 valence electrons. The van der Waals surface area contributed by atoms with E-state index in [1.807, 2.05) is 17.9 Å². The average Bonchev–Trinajstić information content (AvgIpc) is 3.39. The van der Waals surface area contributed by atoms with Gasteiger partial charge in [0.15, 0.2) is 0 Å². The van der Waals surface area contributed by atoms with E-state index < -0.39 is 12.1 Å². The Balaban J connectivity index is 0.000000318. The van der Waals surface area contributed by atoms with Crippen LogP contribution >= 0.6 is 0 Å². The van der Waals surface area contributed by atoms with Crippen molar-refractivity contribution in [3.63, 3.8) is 0 Å². The number of carbonyl (C=O) groups is 2. The third-order valence-corrected chi connectivity index (χ3v) is 5.39. The first-order valence-corrected chi connectivity index (χ1v) is 9.92. The number of ether oxygens (including phenoxy) is 2. The monoisotopic (exact) mass is 430 g/mol. The quantitative estimate of drug-likeness (QED) is 0.790. The number of aryl methyl sites for hydroxylation is 1. The van der Waals surface area contributed by atoms with Crippen LogP contribution in [0.4, 0.5) is 13.2 Å². The number of halogens is 3. The minimum Gasteiger partial charge on any atom is -0.475 e. The molecule has 7 nitrogen and oxygen atoms in total. The maximum atomic E-state index is 12.9. The van der Waals surface area contributed by atoms with Gasteiger partial charge in [0.2, 0.25) is 0 Å². The topological polar surface area (TPSA) is 89.0 Å². The number of hydrogen-bond acceptors (Lipinski definition) is 5. The summed E-state index contributed by atoms with van der Waals surface area (Å²) in [5, 5.41) is 7.12. The Labute approximate surface area is 172 Å². The van der Waals surface area contributed by atoms with Crippen molar-refractivity contribution in [2.45, 2.75) is 57.0 Å². The van der Waals surface area contributed by atoms with Crippen LogP contribution in [-0.2, 0) is 14.3 Å². The molecule has 1 aromatic rings.